The molecule has 0 aromatic heterocycles. The molecule has 0 spiro atoms. The smallest absolute Gasteiger partial charge is 0.0519 e. The van der Waals surface area contributed by atoms with Gasteiger partial charge in [0.15, 0.2) is 0 Å². The van der Waals surface area contributed by atoms with Crippen molar-refractivity contribution in [2.24, 2.45) is 0 Å². The van der Waals surface area contributed by atoms with Gasteiger partial charge < -0.3 is 0 Å². The Balaban J connectivity index is 1.58. The fourth-order valence-electron chi connectivity index (χ4n) is 6.05. The first kappa shape index (κ1) is 20.6. The fourth-order valence-corrected chi connectivity index (χ4v) is 6.05. The van der Waals surface area contributed by atoms with E-state index in [1.165, 1.54) is 59.1 Å². The monoisotopic (exact) mass is 390 g/mol. The summed E-state index contributed by atoms with van der Waals surface area (Å²) >= 11 is 0. The predicted octanol–water partition coefficient (Wildman–Crippen LogP) is 6.12. The van der Waals surface area contributed by atoms with Crippen LogP contribution in [0.1, 0.15) is 70.2 Å². The van der Waals surface area contributed by atoms with Crippen LogP contribution in [0, 0.1) is 41.5 Å². The third-order valence-electron chi connectivity index (χ3n) is 7.40. The van der Waals surface area contributed by atoms with Crippen molar-refractivity contribution in [1.29, 1.82) is 0 Å². The Morgan fingerprint density at radius 3 is 1.31 bits per heavy atom. The second-order valence-electron chi connectivity index (χ2n) is 9.81. The maximum atomic E-state index is 2.79. The van der Waals surface area contributed by atoms with Gasteiger partial charge >= 0.3 is 0 Å². The molecule has 1 aliphatic carbocycles. The minimum Gasteiger partial charge on any atom is -0.282 e. The lowest BCUT2D eigenvalue weighted by molar-refractivity contribution is 0.197. The van der Waals surface area contributed by atoms with Gasteiger partial charge in [0.2, 0.25) is 0 Å². The van der Waals surface area contributed by atoms with E-state index in [9.17, 15) is 0 Å². The van der Waals surface area contributed by atoms with Gasteiger partial charge in [-0.3, -0.25) is 9.80 Å². The first-order valence-corrected chi connectivity index (χ1v) is 11.4. The molecule has 4 rings (SSSR count). The predicted molar refractivity (Wildman–Crippen MR) is 123 cm³/mol. The molecule has 1 heterocycles. The zero-order valence-corrected chi connectivity index (χ0v) is 19.3. The fraction of sp³-hybridized carbons (Fsp3) is 0.556. The second-order valence-corrected chi connectivity index (χ2v) is 9.81. The van der Waals surface area contributed by atoms with Crippen LogP contribution in [0.3, 0.4) is 0 Å². The summed E-state index contributed by atoms with van der Waals surface area (Å²) in [4.78, 5) is 5.57. The summed E-state index contributed by atoms with van der Waals surface area (Å²) in [6, 6.07) is 10.9. The lowest BCUT2D eigenvalue weighted by Crippen LogP contribution is -2.39. The molecule has 1 aliphatic heterocycles. The van der Waals surface area contributed by atoms with Crippen molar-refractivity contribution >= 4 is 0 Å². The van der Waals surface area contributed by atoms with Gasteiger partial charge in [-0.25, -0.2) is 0 Å². The van der Waals surface area contributed by atoms with Gasteiger partial charge in [-0.2, -0.15) is 0 Å². The zero-order chi connectivity index (χ0) is 20.7. The molecule has 1 saturated heterocycles. The summed E-state index contributed by atoms with van der Waals surface area (Å²) < 4.78 is 0. The molecule has 2 unspecified atom stereocenters. The molecule has 156 valence electrons. The summed E-state index contributed by atoms with van der Waals surface area (Å²) in [5.41, 5.74) is 11.7. The quantitative estimate of drug-likeness (QED) is 0.620. The number of hydrogen-bond donors (Lipinski definition) is 0. The maximum Gasteiger partial charge on any atom is 0.0519 e. The van der Waals surface area contributed by atoms with E-state index < -0.39 is 0 Å². The highest BCUT2D eigenvalue weighted by atomic mass is 15.4. The second kappa shape index (κ2) is 8.24. The molecule has 2 heteroatoms. The van der Waals surface area contributed by atoms with Crippen molar-refractivity contribution in [1.82, 2.24) is 9.80 Å². The Morgan fingerprint density at radius 1 is 0.621 bits per heavy atom. The van der Waals surface area contributed by atoms with Crippen LogP contribution in [0.15, 0.2) is 24.3 Å². The van der Waals surface area contributed by atoms with Gasteiger partial charge in [-0.1, -0.05) is 48.2 Å². The van der Waals surface area contributed by atoms with Gasteiger partial charge in [0, 0.05) is 25.2 Å². The first-order chi connectivity index (χ1) is 13.8. The van der Waals surface area contributed by atoms with Crippen molar-refractivity contribution in [2.75, 3.05) is 6.67 Å². The average Bonchev–Trinajstić information content (AvgIpc) is 2.99. The number of aryl methyl sites for hydroxylation is 6. The summed E-state index contributed by atoms with van der Waals surface area (Å²) in [7, 11) is 0. The Labute approximate surface area is 177 Å². The standard InChI is InChI=1S/C27H38N2/c1-18-11-20(3)24(21(4)12-18)15-28-17-29(27-10-8-7-9-26(27)28)16-25-22(5)13-19(2)14-23(25)6/h11-14,26-27H,7-10,15-17H2,1-6H3. The third kappa shape index (κ3) is 4.15. The zero-order valence-electron chi connectivity index (χ0n) is 19.3. The summed E-state index contributed by atoms with van der Waals surface area (Å²) in [6.07, 6.45) is 5.49. The van der Waals surface area contributed by atoms with E-state index in [1.54, 1.807) is 11.1 Å². The Bertz CT molecular complexity index is 778. The van der Waals surface area contributed by atoms with E-state index in [4.69, 9.17) is 0 Å². The topological polar surface area (TPSA) is 6.48 Å². The van der Waals surface area contributed by atoms with E-state index in [1.807, 2.05) is 0 Å². The number of benzene rings is 2. The Morgan fingerprint density at radius 2 is 0.966 bits per heavy atom. The molecule has 0 radical (unpaired) electrons. The van der Waals surface area contributed by atoms with Crippen LogP contribution in [0.4, 0.5) is 0 Å². The van der Waals surface area contributed by atoms with Crippen molar-refractivity contribution < 1.29 is 0 Å². The van der Waals surface area contributed by atoms with Crippen LogP contribution in [0.2, 0.25) is 0 Å². The molecule has 0 N–H and O–H groups in total. The lowest BCUT2D eigenvalue weighted by Gasteiger charge is -2.33. The largest absolute Gasteiger partial charge is 0.282 e. The van der Waals surface area contributed by atoms with Crippen LogP contribution in [0.25, 0.3) is 0 Å². The van der Waals surface area contributed by atoms with Gasteiger partial charge in [0.25, 0.3) is 0 Å². The van der Waals surface area contributed by atoms with Crippen LogP contribution in [0.5, 0.6) is 0 Å². The number of rotatable bonds is 4. The van der Waals surface area contributed by atoms with Crippen molar-refractivity contribution in [2.45, 2.75) is 92.4 Å². The molecule has 2 aliphatic rings. The highest BCUT2D eigenvalue weighted by Crippen LogP contribution is 2.36. The Hall–Kier alpha value is -1.64. The van der Waals surface area contributed by atoms with Crippen molar-refractivity contribution in [3.05, 3.63) is 68.8 Å². The number of hydrogen-bond acceptors (Lipinski definition) is 2. The highest BCUT2D eigenvalue weighted by Gasteiger charge is 2.41. The summed E-state index contributed by atoms with van der Waals surface area (Å²) in [6.45, 7) is 16.9. The number of fused-ring (bicyclic) bond motifs is 1. The van der Waals surface area contributed by atoms with Crippen molar-refractivity contribution in [3.63, 3.8) is 0 Å². The van der Waals surface area contributed by atoms with Gasteiger partial charge in [-0.15, -0.1) is 0 Å². The molecule has 0 bridgehead atoms. The van der Waals surface area contributed by atoms with Crippen LogP contribution >= 0.6 is 0 Å². The molecule has 2 atom stereocenters. The molecule has 2 nitrogen and oxygen atoms in total. The normalized spacial score (nSPS) is 22.8. The molecule has 1 saturated carbocycles. The molecule has 2 aromatic rings. The molecule has 2 fully saturated rings. The van der Waals surface area contributed by atoms with E-state index in [2.05, 4.69) is 75.6 Å². The molecule has 2 aromatic carbocycles. The first-order valence-electron chi connectivity index (χ1n) is 11.4. The molecular weight excluding hydrogens is 352 g/mol. The average molecular weight is 391 g/mol. The SMILES string of the molecule is Cc1cc(C)c(CN2CN(Cc3c(C)cc(C)cc3C)C3CCCCC32)c(C)c1. The van der Waals surface area contributed by atoms with Gasteiger partial charge in [0.1, 0.15) is 0 Å². The van der Waals surface area contributed by atoms with E-state index in [0.717, 1.165) is 31.8 Å². The van der Waals surface area contributed by atoms with Gasteiger partial charge in [0.05, 0.1) is 6.67 Å². The van der Waals surface area contributed by atoms with Crippen molar-refractivity contribution in [3.8, 4) is 0 Å². The lowest BCUT2D eigenvalue weighted by atomic mass is 9.89. The third-order valence-corrected chi connectivity index (χ3v) is 7.40. The van der Waals surface area contributed by atoms with Gasteiger partial charge in [-0.05, 0) is 87.8 Å². The maximum absolute atomic E-state index is 2.79. The van der Waals surface area contributed by atoms with E-state index in [-0.39, 0.29) is 0 Å². The number of nitrogens with zero attached hydrogens (tertiary/aromatic N) is 2. The van der Waals surface area contributed by atoms with Crippen LogP contribution < -0.4 is 0 Å². The minimum atomic E-state index is 0.718. The minimum absolute atomic E-state index is 0.718. The molecule has 29 heavy (non-hydrogen) atoms. The highest BCUT2D eigenvalue weighted by molar-refractivity contribution is 5.38. The van der Waals surface area contributed by atoms with Crippen LogP contribution in [-0.2, 0) is 13.1 Å². The molecular formula is C27H38N2. The summed E-state index contributed by atoms with van der Waals surface area (Å²) in [5, 5.41) is 0. The van der Waals surface area contributed by atoms with E-state index >= 15 is 0 Å². The van der Waals surface area contributed by atoms with Crippen LogP contribution in [-0.4, -0.2) is 28.6 Å². The Kier molecular flexibility index (Phi) is 5.86. The van der Waals surface area contributed by atoms with E-state index in [0.29, 0.717) is 0 Å². The summed E-state index contributed by atoms with van der Waals surface area (Å²) in [5.74, 6) is 0. The molecule has 0 amide bonds.